The van der Waals surface area contributed by atoms with Crippen molar-refractivity contribution in [1.82, 2.24) is 0 Å². The molecule has 0 fully saturated rings. The first-order chi connectivity index (χ1) is 34.9. The van der Waals surface area contributed by atoms with Crippen LogP contribution in [0.5, 0.6) is 0 Å². The van der Waals surface area contributed by atoms with Gasteiger partial charge in [0.15, 0.2) is 0 Å². The van der Waals surface area contributed by atoms with Crippen molar-refractivity contribution in [2.75, 3.05) is 14.7 Å². The third-order valence-electron chi connectivity index (χ3n) is 16.1. The quantitative estimate of drug-likeness (QED) is 0.154. The largest absolute Gasteiger partial charge is 0.311 e. The molecule has 2 aliphatic heterocycles. The molecule has 9 aromatic rings. The van der Waals surface area contributed by atoms with E-state index in [9.17, 15) is 0 Å². The van der Waals surface area contributed by atoms with Crippen molar-refractivity contribution in [3.05, 3.63) is 228 Å². The van der Waals surface area contributed by atoms with Crippen LogP contribution in [0.1, 0.15) is 104 Å². The highest BCUT2D eigenvalue weighted by Gasteiger charge is 2.46. The minimum Gasteiger partial charge on any atom is -0.311 e. The standard InChI is InChI=1S/C69H66BN3/c1-66(2,3)46-31-37-60(54(39-46)45-23-15-12-16-24-45)73-62-44-52(71(49-25-17-13-18-26-49)50-27-19-14-20-28-50)34-36-58(62)70-59-40-47(67(4,5)6)32-38-61(59)72(63-41-48(68(7,8)9)42-64(73)65(63)70)51-33-35-57-55(43-51)53-29-21-22-30-56(53)69(57,10)11/h12-44H,1-11H3. The van der Waals surface area contributed by atoms with Crippen molar-refractivity contribution in [2.24, 2.45) is 0 Å². The van der Waals surface area contributed by atoms with Gasteiger partial charge >= 0.3 is 0 Å². The number of para-hydroxylation sites is 2. The maximum Gasteiger partial charge on any atom is 0.252 e. The van der Waals surface area contributed by atoms with Gasteiger partial charge in [0.25, 0.3) is 6.71 Å². The topological polar surface area (TPSA) is 9.72 Å². The predicted molar refractivity (Wildman–Crippen MR) is 314 cm³/mol. The molecule has 0 unspecified atom stereocenters. The van der Waals surface area contributed by atoms with E-state index in [1.807, 2.05) is 0 Å². The van der Waals surface area contributed by atoms with Crippen LogP contribution >= 0.6 is 0 Å². The van der Waals surface area contributed by atoms with Crippen LogP contribution in [-0.4, -0.2) is 6.71 Å². The van der Waals surface area contributed by atoms with Crippen LogP contribution < -0.4 is 31.1 Å². The molecule has 3 aliphatic rings. The average molecular weight is 948 g/mol. The van der Waals surface area contributed by atoms with Gasteiger partial charge in [-0.15, -0.1) is 0 Å². The summed E-state index contributed by atoms with van der Waals surface area (Å²) in [5.74, 6) is 0. The zero-order chi connectivity index (χ0) is 50.8. The summed E-state index contributed by atoms with van der Waals surface area (Å²) in [6.07, 6.45) is 0. The lowest BCUT2D eigenvalue weighted by molar-refractivity contribution is 0.590. The molecule has 4 heteroatoms. The first-order valence-corrected chi connectivity index (χ1v) is 26.3. The number of anilines is 9. The van der Waals surface area contributed by atoms with Crippen LogP contribution in [0, 0.1) is 0 Å². The highest BCUT2D eigenvalue weighted by molar-refractivity contribution is 7.00. The molecule has 1 aliphatic carbocycles. The molecule has 0 saturated heterocycles. The monoisotopic (exact) mass is 948 g/mol. The van der Waals surface area contributed by atoms with Crippen LogP contribution in [0.4, 0.5) is 51.2 Å². The lowest BCUT2D eigenvalue weighted by atomic mass is 9.33. The van der Waals surface area contributed by atoms with E-state index in [4.69, 9.17) is 0 Å². The Morgan fingerprint density at radius 2 is 0.918 bits per heavy atom. The highest BCUT2D eigenvalue weighted by Crippen LogP contribution is 2.53. The normalized spacial score (nSPS) is 14.3. The number of hydrogen-bond acceptors (Lipinski definition) is 3. The summed E-state index contributed by atoms with van der Waals surface area (Å²) < 4.78 is 0. The van der Waals surface area contributed by atoms with Gasteiger partial charge in [-0.3, -0.25) is 0 Å². The summed E-state index contributed by atoms with van der Waals surface area (Å²) in [7, 11) is 0. The van der Waals surface area contributed by atoms with Crippen LogP contribution in [0.2, 0.25) is 0 Å². The van der Waals surface area contributed by atoms with Crippen LogP contribution in [0.25, 0.3) is 22.3 Å². The molecule has 360 valence electrons. The lowest BCUT2D eigenvalue weighted by Gasteiger charge is -2.46. The van der Waals surface area contributed by atoms with Gasteiger partial charge in [0.2, 0.25) is 0 Å². The fourth-order valence-corrected chi connectivity index (χ4v) is 12.1. The second kappa shape index (κ2) is 16.8. The minimum absolute atomic E-state index is 0.0575. The molecule has 0 radical (unpaired) electrons. The van der Waals surface area contributed by atoms with Crippen molar-refractivity contribution >= 4 is 74.3 Å². The Kier molecular flexibility index (Phi) is 10.7. The summed E-state index contributed by atoms with van der Waals surface area (Å²) in [5.41, 5.74) is 25.8. The van der Waals surface area contributed by atoms with E-state index in [-0.39, 0.29) is 28.4 Å². The third kappa shape index (κ3) is 7.63. The Morgan fingerprint density at radius 1 is 0.370 bits per heavy atom. The second-order valence-corrected chi connectivity index (χ2v) is 24.3. The molecule has 3 nitrogen and oxygen atoms in total. The maximum absolute atomic E-state index is 2.64. The third-order valence-corrected chi connectivity index (χ3v) is 16.1. The Bertz CT molecular complexity index is 3570. The van der Waals surface area contributed by atoms with E-state index in [0.29, 0.717) is 0 Å². The summed E-state index contributed by atoms with van der Waals surface area (Å²) in [6, 6.07) is 76.0. The summed E-state index contributed by atoms with van der Waals surface area (Å²) in [4.78, 5) is 7.67. The first kappa shape index (κ1) is 46.5. The van der Waals surface area contributed by atoms with Crippen molar-refractivity contribution in [1.29, 1.82) is 0 Å². The van der Waals surface area contributed by atoms with Gasteiger partial charge in [-0.1, -0.05) is 197 Å². The Balaban J connectivity index is 1.21. The second-order valence-electron chi connectivity index (χ2n) is 24.3. The Morgan fingerprint density at radius 3 is 1.55 bits per heavy atom. The molecule has 0 amide bonds. The molecule has 0 bridgehead atoms. The molecule has 0 N–H and O–H groups in total. The fraction of sp³-hybridized carbons (Fsp3) is 0.217. The molecule has 0 aromatic heterocycles. The molecule has 0 saturated carbocycles. The Labute approximate surface area is 434 Å². The maximum atomic E-state index is 2.64. The van der Waals surface area contributed by atoms with Gasteiger partial charge < -0.3 is 14.7 Å². The lowest BCUT2D eigenvalue weighted by Crippen LogP contribution is -2.61. The SMILES string of the molecule is CC(C)(C)c1ccc2c(c1)B1c3ccc(N(c4ccccc4)c4ccccc4)cc3N(c3ccc(C(C)(C)C)cc3-c3ccccc3)c3cc(C(C)(C)C)cc(c31)N2c1ccc2c(c1)-c1ccccc1C2(C)C. The molecule has 73 heavy (non-hydrogen) atoms. The Hall–Kier alpha value is -7.56. The van der Waals surface area contributed by atoms with Crippen LogP contribution in [-0.2, 0) is 21.7 Å². The highest BCUT2D eigenvalue weighted by atomic mass is 15.2. The smallest absolute Gasteiger partial charge is 0.252 e. The zero-order valence-corrected chi connectivity index (χ0v) is 44.5. The summed E-state index contributed by atoms with van der Waals surface area (Å²) >= 11 is 0. The van der Waals surface area contributed by atoms with E-state index in [1.54, 1.807) is 0 Å². The number of benzene rings is 9. The van der Waals surface area contributed by atoms with Crippen LogP contribution in [0.3, 0.4) is 0 Å². The number of rotatable bonds is 6. The van der Waals surface area contributed by atoms with Gasteiger partial charge in [0.1, 0.15) is 0 Å². The molecule has 0 spiro atoms. The van der Waals surface area contributed by atoms with Crippen molar-refractivity contribution < 1.29 is 0 Å². The number of fused-ring (bicyclic) bond motifs is 7. The van der Waals surface area contributed by atoms with E-state index >= 15 is 0 Å². The predicted octanol–water partition coefficient (Wildman–Crippen LogP) is 17.1. The van der Waals surface area contributed by atoms with Gasteiger partial charge in [0.05, 0.1) is 5.69 Å². The van der Waals surface area contributed by atoms with Crippen molar-refractivity contribution in [3.63, 3.8) is 0 Å². The van der Waals surface area contributed by atoms with E-state index in [1.165, 1.54) is 94.9 Å². The van der Waals surface area contributed by atoms with Crippen molar-refractivity contribution in [3.8, 4) is 22.3 Å². The summed E-state index contributed by atoms with van der Waals surface area (Å²) in [5, 5.41) is 0. The van der Waals surface area contributed by atoms with E-state index in [2.05, 4.69) is 291 Å². The number of hydrogen-bond donors (Lipinski definition) is 0. The van der Waals surface area contributed by atoms with Gasteiger partial charge in [-0.2, -0.15) is 0 Å². The van der Waals surface area contributed by atoms with Gasteiger partial charge in [0, 0.05) is 56.5 Å². The van der Waals surface area contributed by atoms with Crippen molar-refractivity contribution in [2.45, 2.75) is 97.8 Å². The molecule has 9 aromatic carbocycles. The van der Waals surface area contributed by atoms with Crippen LogP contribution in [0.15, 0.2) is 200 Å². The van der Waals surface area contributed by atoms with Gasteiger partial charge in [-0.25, -0.2) is 0 Å². The average Bonchev–Trinajstić information content (AvgIpc) is 3.61. The molecule has 0 atom stereocenters. The molecule has 12 rings (SSSR count). The number of nitrogens with zero attached hydrogens (tertiary/aromatic N) is 3. The first-order valence-electron chi connectivity index (χ1n) is 26.3. The summed E-state index contributed by atoms with van der Waals surface area (Å²) in [6.45, 7) is 25.8. The fourth-order valence-electron chi connectivity index (χ4n) is 12.1. The molecular formula is C69H66BN3. The zero-order valence-electron chi connectivity index (χ0n) is 44.5. The van der Waals surface area contributed by atoms with E-state index in [0.717, 1.165) is 22.7 Å². The molecular weight excluding hydrogens is 882 g/mol. The van der Waals surface area contributed by atoms with Gasteiger partial charge in [-0.05, 0) is 156 Å². The van der Waals surface area contributed by atoms with E-state index < -0.39 is 0 Å². The molecule has 2 heterocycles. The minimum atomic E-state index is -0.173.